The van der Waals surface area contributed by atoms with Crippen LogP contribution in [0.25, 0.3) is 10.8 Å². The van der Waals surface area contributed by atoms with Crippen LogP contribution in [0.5, 0.6) is 0 Å². The minimum absolute atomic E-state index is 0. The van der Waals surface area contributed by atoms with Crippen molar-refractivity contribution in [2.45, 2.75) is 13.8 Å². The second kappa shape index (κ2) is 7.72. The van der Waals surface area contributed by atoms with Crippen LogP contribution in [-0.2, 0) is 0 Å². The molecule has 0 nitrogen and oxygen atoms in total. The second-order valence-electron chi connectivity index (χ2n) is 3.65. The molecule has 15 heavy (non-hydrogen) atoms. The fraction of sp³-hybridized carbons (Fsp3) is 0.214. The van der Waals surface area contributed by atoms with E-state index in [1.54, 1.807) is 0 Å². The Kier molecular flexibility index (Phi) is 7.44. The van der Waals surface area contributed by atoms with E-state index in [2.05, 4.69) is 45.0 Å². The minimum Gasteiger partial charge on any atom is -0.341 e. The maximum atomic E-state index is 3.64. The molecule has 0 aliphatic rings. The summed E-state index contributed by atoms with van der Waals surface area (Å²) in [5.74, 6) is 0.583. The molecule has 0 amide bonds. The molecule has 2 rings (SSSR count). The van der Waals surface area contributed by atoms with Gasteiger partial charge >= 0.3 is 23.1 Å². The molecule has 1 heteroatoms. The van der Waals surface area contributed by atoms with Crippen molar-refractivity contribution in [1.82, 2.24) is 0 Å². The normalized spacial score (nSPS) is 9.07. The van der Waals surface area contributed by atoms with Crippen LogP contribution in [0, 0.1) is 18.9 Å². The molecule has 0 saturated carbocycles. The van der Waals surface area contributed by atoms with Crippen LogP contribution < -0.4 is 0 Å². The van der Waals surface area contributed by atoms with Crippen molar-refractivity contribution in [2.24, 2.45) is 5.92 Å². The average molecular weight is 209 g/mol. The Morgan fingerprint density at radius 2 is 1.60 bits per heavy atom. The first kappa shape index (κ1) is 14.5. The van der Waals surface area contributed by atoms with Gasteiger partial charge in [-0.3, -0.25) is 0 Å². The molecule has 0 saturated heterocycles. The van der Waals surface area contributed by atoms with Gasteiger partial charge in [-0.2, -0.15) is 5.92 Å². The van der Waals surface area contributed by atoms with Crippen LogP contribution in [0.4, 0.5) is 0 Å². The quantitative estimate of drug-likeness (QED) is 0.457. The average Bonchev–Trinajstić information content (AvgIpc) is 2.17. The van der Waals surface area contributed by atoms with Crippen molar-refractivity contribution in [2.75, 3.05) is 0 Å². The molecule has 0 aromatic heterocycles. The minimum atomic E-state index is 0. The van der Waals surface area contributed by atoms with Crippen LogP contribution in [-0.4, -0.2) is 23.1 Å². The number of benzene rings is 2. The zero-order valence-electron chi connectivity index (χ0n) is 9.53. The first-order chi connectivity index (χ1) is 6.70. The maximum absolute atomic E-state index is 3.64. The van der Waals surface area contributed by atoms with Crippen LogP contribution in [0.1, 0.15) is 13.8 Å². The summed E-state index contributed by atoms with van der Waals surface area (Å²) in [4.78, 5) is 0. The Balaban J connectivity index is 0.000000346. The maximum Gasteiger partial charge on any atom is 2.00 e. The molecule has 0 aliphatic heterocycles. The number of rotatable bonds is 0. The van der Waals surface area contributed by atoms with Gasteiger partial charge in [0, 0.05) is 0 Å². The van der Waals surface area contributed by atoms with E-state index in [9.17, 15) is 0 Å². The molecule has 2 aromatic carbocycles. The van der Waals surface area contributed by atoms with E-state index in [0.717, 1.165) is 0 Å². The summed E-state index contributed by atoms with van der Waals surface area (Å²) in [6.07, 6.45) is 0. The van der Waals surface area contributed by atoms with Gasteiger partial charge in [0.15, 0.2) is 0 Å². The Hall–Kier alpha value is -0.534. The fourth-order valence-electron chi connectivity index (χ4n) is 1.06. The van der Waals surface area contributed by atoms with E-state index >= 15 is 0 Å². The first-order valence-corrected chi connectivity index (χ1v) is 4.88. The van der Waals surface area contributed by atoms with Gasteiger partial charge in [-0.25, -0.2) is 0 Å². The van der Waals surface area contributed by atoms with E-state index in [4.69, 9.17) is 0 Å². The Morgan fingerprint density at radius 3 is 2.20 bits per heavy atom. The summed E-state index contributed by atoms with van der Waals surface area (Å²) in [6, 6.07) is 17.4. The Labute approximate surface area is 109 Å². The van der Waals surface area contributed by atoms with Crippen molar-refractivity contribution in [3.63, 3.8) is 0 Å². The van der Waals surface area contributed by atoms with Crippen molar-refractivity contribution in [3.05, 3.63) is 55.5 Å². The van der Waals surface area contributed by atoms with Gasteiger partial charge in [0.2, 0.25) is 0 Å². The molecule has 0 N–H and O–H groups in total. The number of hydrogen-bond acceptors (Lipinski definition) is 0. The van der Waals surface area contributed by atoms with E-state index in [1.807, 2.05) is 24.3 Å². The summed E-state index contributed by atoms with van der Waals surface area (Å²) < 4.78 is 0. The Morgan fingerprint density at radius 1 is 1.07 bits per heavy atom. The molecule has 0 atom stereocenters. The van der Waals surface area contributed by atoms with Gasteiger partial charge in [0.25, 0.3) is 0 Å². The summed E-state index contributed by atoms with van der Waals surface area (Å²) >= 11 is 0. The molecule has 0 bridgehead atoms. The molecular weight excluding hydrogens is 192 g/mol. The van der Waals surface area contributed by atoms with E-state index < -0.39 is 0 Å². The standard InChI is InChI=1S/C10H7.C4H9.Mg/c1-2-6-10-8-4-3-7-9(10)5-1;1-4(2)3;/h1-7H;4H,1H2,2-3H3;/q2*-1;+2. The summed E-state index contributed by atoms with van der Waals surface area (Å²) in [7, 11) is 0. The molecule has 2 aromatic rings. The van der Waals surface area contributed by atoms with Crippen LogP contribution >= 0.6 is 0 Å². The third-order valence-electron chi connectivity index (χ3n) is 1.57. The smallest absolute Gasteiger partial charge is 0.341 e. The van der Waals surface area contributed by atoms with Gasteiger partial charge in [-0.15, -0.1) is 47.2 Å². The molecule has 74 valence electrons. The molecule has 0 aliphatic carbocycles. The molecule has 0 fully saturated rings. The van der Waals surface area contributed by atoms with Crippen LogP contribution in [0.2, 0.25) is 0 Å². The van der Waals surface area contributed by atoms with Crippen molar-refractivity contribution in [3.8, 4) is 0 Å². The summed E-state index contributed by atoms with van der Waals surface area (Å²) in [5.41, 5.74) is 0. The van der Waals surface area contributed by atoms with Crippen molar-refractivity contribution >= 4 is 33.8 Å². The molecule has 0 heterocycles. The molecule has 0 unspecified atom stereocenters. The monoisotopic (exact) mass is 208 g/mol. The zero-order chi connectivity index (χ0) is 10.4. The number of hydrogen-bond donors (Lipinski definition) is 0. The molecule has 0 radical (unpaired) electrons. The summed E-state index contributed by atoms with van der Waals surface area (Å²) in [5, 5.41) is 2.44. The first-order valence-electron chi connectivity index (χ1n) is 4.88. The molecule has 0 spiro atoms. The van der Waals surface area contributed by atoms with Gasteiger partial charge in [-0.1, -0.05) is 26.0 Å². The second-order valence-corrected chi connectivity index (χ2v) is 3.65. The Bertz CT molecular complexity index is 312. The zero-order valence-corrected chi connectivity index (χ0v) is 10.9. The molecular formula is C14H16Mg. The van der Waals surface area contributed by atoms with E-state index in [0.29, 0.717) is 5.92 Å². The topological polar surface area (TPSA) is 0 Å². The van der Waals surface area contributed by atoms with Gasteiger partial charge < -0.3 is 6.92 Å². The predicted molar refractivity (Wildman–Crippen MR) is 68.7 cm³/mol. The largest absolute Gasteiger partial charge is 2.00 e. The fourth-order valence-corrected chi connectivity index (χ4v) is 1.06. The van der Waals surface area contributed by atoms with Gasteiger partial charge in [0.05, 0.1) is 0 Å². The predicted octanol–water partition coefficient (Wildman–Crippen LogP) is 3.74. The van der Waals surface area contributed by atoms with E-state index in [1.165, 1.54) is 10.8 Å². The third kappa shape index (κ3) is 5.80. The van der Waals surface area contributed by atoms with Crippen LogP contribution in [0.3, 0.4) is 0 Å². The van der Waals surface area contributed by atoms with Crippen molar-refractivity contribution < 1.29 is 0 Å². The van der Waals surface area contributed by atoms with Crippen LogP contribution in [0.15, 0.2) is 42.5 Å². The van der Waals surface area contributed by atoms with E-state index in [-0.39, 0.29) is 23.1 Å². The van der Waals surface area contributed by atoms with Gasteiger partial charge in [-0.05, 0) is 0 Å². The SMILES string of the molecule is [CH2-]C(C)C.[Mg+2].[c-]1cccc2ccccc12. The third-order valence-corrected chi connectivity index (χ3v) is 1.57. The number of fused-ring (bicyclic) bond motifs is 1. The van der Waals surface area contributed by atoms with Gasteiger partial charge in [0.1, 0.15) is 0 Å². The van der Waals surface area contributed by atoms with Crippen molar-refractivity contribution in [1.29, 1.82) is 0 Å². The summed E-state index contributed by atoms with van der Waals surface area (Å²) in [6.45, 7) is 7.75.